The molecule has 0 aliphatic carbocycles. The molecule has 0 saturated heterocycles. The lowest BCUT2D eigenvalue weighted by atomic mass is 10.2. The topological polar surface area (TPSA) is 78.4 Å². The standard InChI is InChI=1S/C25H23Cl3N2O5/c1-4-34-23-8-15(7-22(28)24(23)35-14-16-5-6-18(26)11-21(16)27)13-29-30-25(31)17-9-19(32-2)12-20(10-17)33-3/h5-13H,4,14H2,1-3H3,(H,30,31)/b29-13-. The van der Waals surface area contributed by atoms with Crippen LogP contribution in [-0.4, -0.2) is 32.9 Å². The van der Waals surface area contributed by atoms with Crippen LogP contribution < -0.4 is 24.4 Å². The van der Waals surface area contributed by atoms with Crippen molar-refractivity contribution in [3.63, 3.8) is 0 Å². The van der Waals surface area contributed by atoms with Crippen LogP contribution in [0.1, 0.15) is 28.4 Å². The summed E-state index contributed by atoms with van der Waals surface area (Å²) >= 11 is 18.6. The number of hydrogen-bond acceptors (Lipinski definition) is 6. The lowest BCUT2D eigenvalue weighted by Gasteiger charge is -2.15. The minimum absolute atomic E-state index is 0.170. The second kappa shape index (κ2) is 12.5. The van der Waals surface area contributed by atoms with Gasteiger partial charge in [-0.25, -0.2) is 5.43 Å². The Balaban J connectivity index is 1.75. The smallest absolute Gasteiger partial charge is 0.271 e. The molecule has 0 radical (unpaired) electrons. The van der Waals surface area contributed by atoms with Crippen molar-refractivity contribution in [3.8, 4) is 23.0 Å². The Hall–Kier alpha value is -3.13. The molecule has 0 aliphatic rings. The number of benzene rings is 3. The van der Waals surface area contributed by atoms with Crippen LogP contribution in [0.25, 0.3) is 0 Å². The molecule has 3 rings (SSSR count). The maximum Gasteiger partial charge on any atom is 0.271 e. The van der Waals surface area contributed by atoms with Gasteiger partial charge in [-0.2, -0.15) is 5.10 Å². The number of nitrogens with zero attached hydrogens (tertiary/aromatic N) is 1. The van der Waals surface area contributed by atoms with Gasteiger partial charge in [-0.15, -0.1) is 0 Å². The Morgan fingerprint density at radius 3 is 2.29 bits per heavy atom. The number of carbonyl (C=O) groups is 1. The zero-order chi connectivity index (χ0) is 25.4. The van der Waals surface area contributed by atoms with Crippen molar-refractivity contribution in [3.05, 3.63) is 80.3 Å². The molecule has 0 spiro atoms. The van der Waals surface area contributed by atoms with Gasteiger partial charge in [0.2, 0.25) is 0 Å². The van der Waals surface area contributed by atoms with Gasteiger partial charge < -0.3 is 18.9 Å². The molecular weight excluding hydrogens is 515 g/mol. The summed E-state index contributed by atoms with van der Waals surface area (Å²) in [5.74, 6) is 1.33. The lowest BCUT2D eigenvalue weighted by Crippen LogP contribution is -2.17. The number of hydrogen-bond donors (Lipinski definition) is 1. The van der Waals surface area contributed by atoms with Gasteiger partial charge in [-0.3, -0.25) is 4.79 Å². The second-order valence-corrected chi connectivity index (χ2v) is 8.34. The van der Waals surface area contributed by atoms with E-state index < -0.39 is 5.91 Å². The monoisotopic (exact) mass is 536 g/mol. The van der Waals surface area contributed by atoms with E-state index in [1.807, 2.05) is 6.92 Å². The number of amides is 1. The van der Waals surface area contributed by atoms with Crippen LogP contribution in [0.5, 0.6) is 23.0 Å². The van der Waals surface area contributed by atoms with E-state index in [0.717, 1.165) is 5.56 Å². The van der Waals surface area contributed by atoms with Crippen molar-refractivity contribution in [2.45, 2.75) is 13.5 Å². The van der Waals surface area contributed by atoms with Crippen LogP contribution in [0.2, 0.25) is 15.1 Å². The van der Waals surface area contributed by atoms with Gasteiger partial charge in [0.05, 0.1) is 32.1 Å². The number of carbonyl (C=O) groups excluding carboxylic acids is 1. The zero-order valence-corrected chi connectivity index (χ0v) is 21.5. The number of ether oxygens (including phenoxy) is 4. The highest BCUT2D eigenvalue weighted by Crippen LogP contribution is 2.37. The molecule has 0 unspecified atom stereocenters. The van der Waals surface area contributed by atoms with Crippen LogP contribution in [0.3, 0.4) is 0 Å². The molecule has 3 aromatic carbocycles. The molecule has 0 aromatic heterocycles. The molecule has 1 amide bonds. The fourth-order valence-corrected chi connectivity index (χ4v) is 3.76. The Labute approximate surface area is 218 Å². The minimum Gasteiger partial charge on any atom is -0.497 e. The van der Waals surface area contributed by atoms with Crippen LogP contribution >= 0.6 is 34.8 Å². The van der Waals surface area contributed by atoms with Gasteiger partial charge in [-0.1, -0.05) is 40.9 Å². The molecule has 35 heavy (non-hydrogen) atoms. The van der Waals surface area contributed by atoms with E-state index >= 15 is 0 Å². The quantitative estimate of drug-likeness (QED) is 0.239. The van der Waals surface area contributed by atoms with Gasteiger partial charge in [0, 0.05) is 27.2 Å². The van der Waals surface area contributed by atoms with Crippen LogP contribution in [0.4, 0.5) is 0 Å². The maximum atomic E-state index is 12.5. The predicted octanol–water partition coefficient (Wildman–Crippen LogP) is 6.41. The number of halogens is 3. The van der Waals surface area contributed by atoms with Gasteiger partial charge >= 0.3 is 0 Å². The summed E-state index contributed by atoms with van der Waals surface area (Å²) in [6.07, 6.45) is 1.45. The summed E-state index contributed by atoms with van der Waals surface area (Å²) in [7, 11) is 3.01. The number of rotatable bonds is 10. The van der Waals surface area contributed by atoms with Crippen LogP contribution in [0, 0.1) is 0 Å². The summed E-state index contributed by atoms with van der Waals surface area (Å²) < 4.78 is 22.0. The van der Waals surface area contributed by atoms with Crippen LogP contribution in [0.15, 0.2) is 53.6 Å². The molecule has 184 valence electrons. The van der Waals surface area contributed by atoms with Gasteiger partial charge in [0.15, 0.2) is 11.5 Å². The molecule has 0 atom stereocenters. The number of nitrogens with one attached hydrogen (secondary N) is 1. The Morgan fingerprint density at radius 2 is 1.66 bits per heavy atom. The van der Waals surface area contributed by atoms with E-state index in [2.05, 4.69) is 10.5 Å². The fraction of sp³-hybridized carbons (Fsp3) is 0.200. The molecule has 7 nitrogen and oxygen atoms in total. The highest BCUT2D eigenvalue weighted by atomic mass is 35.5. The first-order chi connectivity index (χ1) is 16.8. The Kier molecular flexibility index (Phi) is 9.48. The van der Waals surface area contributed by atoms with E-state index in [-0.39, 0.29) is 6.61 Å². The summed E-state index contributed by atoms with van der Waals surface area (Å²) in [4.78, 5) is 12.5. The molecule has 3 aromatic rings. The molecule has 0 aliphatic heterocycles. The summed E-state index contributed by atoms with van der Waals surface area (Å²) in [5.41, 5.74) is 4.14. The minimum atomic E-state index is -0.436. The molecule has 0 fully saturated rings. The first-order valence-electron chi connectivity index (χ1n) is 10.4. The van der Waals surface area contributed by atoms with Crippen molar-refractivity contribution in [2.75, 3.05) is 20.8 Å². The van der Waals surface area contributed by atoms with E-state index in [1.165, 1.54) is 20.4 Å². The van der Waals surface area contributed by atoms with Crippen molar-refractivity contribution < 1.29 is 23.7 Å². The summed E-state index contributed by atoms with van der Waals surface area (Å²) in [6, 6.07) is 13.3. The third kappa shape index (κ3) is 7.18. The molecule has 0 saturated carbocycles. The molecule has 1 N–H and O–H groups in total. The first-order valence-corrected chi connectivity index (χ1v) is 11.6. The first kappa shape index (κ1) is 26.5. The molecular formula is C25H23Cl3N2O5. The Bertz CT molecular complexity index is 1210. The highest BCUT2D eigenvalue weighted by Gasteiger charge is 2.14. The van der Waals surface area contributed by atoms with Crippen molar-refractivity contribution >= 4 is 46.9 Å². The highest BCUT2D eigenvalue weighted by molar-refractivity contribution is 6.35. The summed E-state index contributed by atoms with van der Waals surface area (Å²) in [6.45, 7) is 2.41. The number of methoxy groups -OCH3 is 2. The van der Waals surface area contributed by atoms with Crippen LogP contribution in [-0.2, 0) is 6.61 Å². The lowest BCUT2D eigenvalue weighted by molar-refractivity contribution is 0.0954. The molecule has 0 heterocycles. The fourth-order valence-electron chi connectivity index (χ4n) is 3.02. The number of hydrazone groups is 1. The molecule has 10 heteroatoms. The zero-order valence-electron chi connectivity index (χ0n) is 19.2. The third-order valence-electron chi connectivity index (χ3n) is 4.71. The maximum absolute atomic E-state index is 12.5. The van der Waals surface area contributed by atoms with Crippen molar-refractivity contribution in [2.24, 2.45) is 5.10 Å². The normalized spacial score (nSPS) is 10.8. The second-order valence-electron chi connectivity index (χ2n) is 7.09. The van der Waals surface area contributed by atoms with Crippen molar-refractivity contribution in [1.82, 2.24) is 5.43 Å². The van der Waals surface area contributed by atoms with Gasteiger partial charge in [0.25, 0.3) is 5.91 Å². The largest absolute Gasteiger partial charge is 0.497 e. The summed E-state index contributed by atoms with van der Waals surface area (Å²) in [5, 5.41) is 5.36. The van der Waals surface area contributed by atoms with Gasteiger partial charge in [-0.05, 0) is 48.9 Å². The predicted molar refractivity (Wildman–Crippen MR) is 138 cm³/mol. The van der Waals surface area contributed by atoms with E-state index in [0.29, 0.717) is 55.8 Å². The average molecular weight is 538 g/mol. The SMILES string of the molecule is CCOc1cc(/C=N\NC(=O)c2cc(OC)cc(OC)c2)cc(Cl)c1OCc1ccc(Cl)cc1Cl. The van der Waals surface area contributed by atoms with E-state index in [1.54, 1.807) is 48.5 Å². The third-order valence-corrected chi connectivity index (χ3v) is 5.58. The van der Waals surface area contributed by atoms with E-state index in [4.69, 9.17) is 53.8 Å². The van der Waals surface area contributed by atoms with Gasteiger partial charge in [0.1, 0.15) is 18.1 Å². The van der Waals surface area contributed by atoms with E-state index in [9.17, 15) is 4.79 Å². The Morgan fingerprint density at radius 1 is 0.943 bits per heavy atom. The molecule has 0 bridgehead atoms. The average Bonchev–Trinajstić information content (AvgIpc) is 2.84. The van der Waals surface area contributed by atoms with Crippen molar-refractivity contribution in [1.29, 1.82) is 0 Å².